The van der Waals surface area contributed by atoms with Crippen LogP contribution in [0, 0.1) is 11.8 Å². The van der Waals surface area contributed by atoms with E-state index in [2.05, 4.69) is 21.0 Å². The van der Waals surface area contributed by atoms with Gasteiger partial charge in [0.1, 0.15) is 4.90 Å². The fourth-order valence-electron chi connectivity index (χ4n) is 1.77. The van der Waals surface area contributed by atoms with Gasteiger partial charge in [-0.25, -0.2) is 8.42 Å². The van der Waals surface area contributed by atoms with Crippen LogP contribution in [-0.4, -0.2) is 29.8 Å². The molecule has 0 aromatic carbocycles. The minimum absolute atomic E-state index is 0.302. The summed E-state index contributed by atoms with van der Waals surface area (Å²) in [5.74, 6) is 1.34. The van der Waals surface area contributed by atoms with E-state index in [0.29, 0.717) is 10.8 Å². The highest BCUT2D eigenvalue weighted by Gasteiger charge is 2.30. The molecule has 1 heterocycles. The minimum Gasteiger partial charge on any atom is -0.271 e. The largest absolute Gasteiger partial charge is 0.271 e. The molecular weight excluding hydrogens is 292 g/mol. The number of alkyl halides is 1. The van der Waals surface area contributed by atoms with E-state index in [4.69, 9.17) is 0 Å². The zero-order chi connectivity index (χ0) is 11.8. The van der Waals surface area contributed by atoms with E-state index >= 15 is 0 Å². The van der Waals surface area contributed by atoms with E-state index in [-0.39, 0.29) is 0 Å². The van der Waals surface area contributed by atoms with Crippen LogP contribution in [0.25, 0.3) is 0 Å². The molecule has 0 aliphatic heterocycles. The van der Waals surface area contributed by atoms with Gasteiger partial charge in [0.25, 0.3) is 0 Å². The Kier molecular flexibility index (Phi) is 3.39. The SMILES string of the molecule is CS(=O)(=O)c1cnn(CC(CBr)C2CC2)c1. The van der Waals surface area contributed by atoms with Gasteiger partial charge in [-0.1, -0.05) is 15.9 Å². The van der Waals surface area contributed by atoms with Crippen LogP contribution in [-0.2, 0) is 16.4 Å². The van der Waals surface area contributed by atoms with Crippen LogP contribution in [0.2, 0.25) is 0 Å². The highest BCUT2D eigenvalue weighted by molar-refractivity contribution is 9.09. The number of nitrogens with zero attached hydrogens (tertiary/aromatic N) is 2. The Morgan fingerprint density at radius 1 is 1.62 bits per heavy atom. The van der Waals surface area contributed by atoms with Gasteiger partial charge in [0.05, 0.1) is 6.20 Å². The first-order chi connectivity index (χ1) is 7.50. The molecule has 0 N–H and O–H groups in total. The molecule has 1 aromatic rings. The van der Waals surface area contributed by atoms with Gasteiger partial charge >= 0.3 is 0 Å². The molecule has 2 rings (SSSR count). The van der Waals surface area contributed by atoms with E-state index in [1.807, 2.05) is 0 Å². The lowest BCUT2D eigenvalue weighted by Crippen LogP contribution is -2.14. The van der Waals surface area contributed by atoms with Crippen molar-refractivity contribution in [3.63, 3.8) is 0 Å². The van der Waals surface area contributed by atoms with Crippen molar-refractivity contribution in [1.29, 1.82) is 0 Å². The summed E-state index contributed by atoms with van der Waals surface area (Å²) in [6.07, 6.45) is 6.82. The predicted molar refractivity (Wildman–Crippen MR) is 65.3 cm³/mol. The molecule has 0 amide bonds. The van der Waals surface area contributed by atoms with Gasteiger partial charge in [-0.05, 0) is 24.7 Å². The summed E-state index contributed by atoms with van der Waals surface area (Å²) < 4.78 is 24.3. The average molecular weight is 307 g/mol. The van der Waals surface area contributed by atoms with E-state index in [1.54, 1.807) is 10.9 Å². The molecule has 90 valence electrons. The van der Waals surface area contributed by atoms with Crippen molar-refractivity contribution in [3.05, 3.63) is 12.4 Å². The molecule has 1 saturated carbocycles. The second kappa shape index (κ2) is 4.49. The van der Waals surface area contributed by atoms with Crippen LogP contribution < -0.4 is 0 Å². The highest BCUT2D eigenvalue weighted by atomic mass is 79.9. The second-order valence-corrected chi connectivity index (χ2v) is 7.09. The third kappa shape index (κ3) is 2.85. The molecule has 1 fully saturated rings. The first-order valence-corrected chi connectivity index (χ1v) is 8.30. The quantitative estimate of drug-likeness (QED) is 0.778. The molecule has 4 nitrogen and oxygen atoms in total. The summed E-state index contributed by atoms with van der Waals surface area (Å²) in [6.45, 7) is 0.797. The molecule has 0 bridgehead atoms. The predicted octanol–water partition coefficient (Wildman–Crippen LogP) is 1.71. The third-order valence-electron chi connectivity index (χ3n) is 2.95. The number of aromatic nitrogens is 2. The molecule has 1 atom stereocenters. The maximum absolute atomic E-state index is 11.3. The van der Waals surface area contributed by atoms with Crippen LogP contribution >= 0.6 is 15.9 Å². The fourth-order valence-corrected chi connectivity index (χ4v) is 3.05. The summed E-state index contributed by atoms with van der Waals surface area (Å²) in [5, 5.41) is 5.05. The van der Waals surface area contributed by atoms with Crippen molar-refractivity contribution in [2.24, 2.45) is 11.8 Å². The van der Waals surface area contributed by atoms with Gasteiger partial charge in [0.15, 0.2) is 9.84 Å². The third-order valence-corrected chi connectivity index (χ3v) is 4.84. The van der Waals surface area contributed by atoms with Crippen LogP contribution in [0.15, 0.2) is 17.3 Å². The Balaban J connectivity index is 2.07. The van der Waals surface area contributed by atoms with Gasteiger partial charge in [-0.3, -0.25) is 4.68 Å². The molecular formula is C10H15BrN2O2S. The van der Waals surface area contributed by atoms with Gasteiger partial charge in [0.2, 0.25) is 0 Å². The monoisotopic (exact) mass is 306 g/mol. The summed E-state index contributed by atoms with van der Waals surface area (Å²) in [7, 11) is -3.12. The lowest BCUT2D eigenvalue weighted by atomic mass is 10.1. The molecule has 1 unspecified atom stereocenters. The lowest BCUT2D eigenvalue weighted by Gasteiger charge is -2.12. The van der Waals surface area contributed by atoms with Gasteiger partial charge < -0.3 is 0 Å². The summed E-state index contributed by atoms with van der Waals surface area (Å²) in [5.41, 5.74) is 0. The maximum Gasteiger partial charge on any atom is 0.178 e. The van der Waals surface area contributed by atoms with Crippen LogP contribution in [0.4, 0.5) is 0 Å². The molecule has 0 radical (unpaired) electrons. The van der Waals surface area contributed by atoms with Crippen LogP contribution in [0.5, 0.6) is 0 Å². The molecule has 16 heavy (non-hydrogen) atoms. The fraction of sp³-hybridized carbons (Fsp3) is 0.700. The van der Waals surface area contributed by atoms with Gasteiger partial charge in [0, 0.05) is 24.3 Å². The summed E-state index contributed by atoms with van der Waals surface area (Å²) in [6, 6.07) is 0. The number of halogens is 1. The van der Waals surface area contributed by atoms with Crippen LogP contribution in [0.3, 0.4) is 0 Å². The van der Waals surface area contributed by atoms with Crippen molar-refractivity contribution in [3.8, 4) is 0 Å². The molecule has 1 aromatic heterocycles. The zero-order valence-electron chi connectivity index (χ0n) is 9.13. The van der Waals surface area contributed by atoms with E-state index in [1.165, 1.54) is 25.3 Å². The summed E-state index contributed by atoms with van der Waals surface area (Å²) >= 11 is 3.50. The zero-order valence-corrected chi connectivity index (χ0v) is 11.5. The van der Waals surface area contributed by atoms with Crippen LogP contribution in [0.1, 0.15) is 12.8 Å². The smallest absolute Gasteiger partial charge is 0.178 e. The van der Waals surface area contributed by atoms with Gasteiger partial charge in [-0.2, -0.15) is 5.10 Å². The topological polar surface area (TPSA) is 52.0 Å². The Morgan fingerprint density at radius 2 is 2.31 bits per heavy atom. The molecule has 0 spiro atoms. The summed E-state index contributed by atoms with van der Waals surface area (Å²) in [4.78, 5) is 0.302. The number of rotatable bonds is 5. The van der Waals surface area contributed by atoms with E-state index in [9.17, 15) is 8.42 Å². The molecule has 0 saturated heterocycles. The van der Waals surface area contributed by atoms with E-state index in [0.717, 1.165) is 17.8 Å². The Labute approximate surface area is 104 Å². The van der Waals surface area contributed by atoms with Crippen molar-refractivity contribution in [1.82, 2.24) is 9.78 Å². The maximum atomic E-state index is 11.3. The lowest BCUT2D eigenvalue weighted by molar-refractivity contribution is 0.414. The number of sulfone groups is 1. The highest BCUT2D eigenvalue weighted by Crippen LogP contribution is 2.38. The Hall–Kier alpha value is -0.360. The van der Waals surface area contributed by atoms with Crippen molar-refractivity contribution in [2.75, 3.05) is 11.6 Å². The van der Waals surface area contributed by atoms with E-state index < -0.39 is 9.84 Å². The van der Waals surface area contributed by atoms with Gasteiger partial charge in [-0.15, -0.1) is 0 Å². The van der Waals surface area contributed by atoms with Crippen molar-refractivity contribution < 1.29 is 8.42 Å². The number of hydrogen-bond acceptors (Lipinski definition) is 3. The first kappa shape index (κ1) is 12.1. The number of hydrogen-bond donors (Lipinski definition) is 0. The van der Waals surface area contributed by atoms with Crippen molar-refractivity contribution in [2.45, 2.75) is 24.3 Å². The molecule has 6 heteroatoms. The average Bonchev–Trinajstić information content (AvgIpc) is 2.92. The second-order valence-electron chi connectivity index (χ2n) is 4.42. The Morgan fingerprint density at radius 3 is 2.75 bits per heavy atom. The molecule has 1 aliphatic carbocycles. The Bertz CT molecular complexity index is 465. The normalized spacial score (nSPS) is 18.6. The minimum atomic E-state index is -3.12. The van der Waals surface area contributed by atoms with Crippen molar-refractivity contribution >= 4 is 25.8 Å². The molecule has 1 aliphatic rings. The first-order valence-electron chi connectivity index (χ1n) is 5.29. The standard InChI is InChI=1S/C10H15BrN2O2S/c1-16(14,15)10-5-12-13(7-10)6-9(4-11)8-2-3-8/h5,7-9H,2-4,6H2,1H3.